The lowest BCUT2D eigenvalue weighted by molar-refractivity contribution is 1.13. The van der Waals surface area contributed by atoms with Crippen LogP contribution in [0.15, 0.2) is 66.7 Å². The smallest absolute Gasteiger partial charge is 0.113 e. The number of rotatable bonds is 3. The fourth-order valence-corrected chi connectivity index (χ4v) is 5.85. The summed E-state index contributed by atoms with van der Waals surface area (Å²) in [6.07, 6.45) is 0. The van der Waals surface area contributed by atoms with Crippen LogP contribution in [0.25, 0.3) is 10.8 Å². The molecule has 0 unspecified atom stereocenters. The molecule has 22 heavy (non-hydrogen) atoms. The molecule has 0 spiro atoms. The van der Waals surface area contributed by atoms with E-state index in [0.717, 1.165) is 0 Å². The highest BCUT2D eigenvalue weighted by Crippen LogP contribution is 2.17. The first kappa shape index (κ1) is 14.9. The van der Waals surface area contributed by atoms with E-state index in [0.29, 0.717) is 0 Å². The predicted molar refractivity (Wildman–Crippen MR) is 101 cm³/mol. The number of anilines is 1. The van der Waals surface area contributed by atoms with Gasteiger partial charge in [-0.05, 0) is 28.1 Å². The van der Waals surface area contributed by atoms with E-state index in [9.17, 15) is 0 Å². The maximum Gasteiger partial charge on any atom is 0.113 e. The zero-order valence-electron chi connectivity index (χ0n) is 13.8. The Balaban J connectivity index is 2.18. The molecule has 3 rings (SSSR count). The van der Waals surface area contributed by atoms with E-state index in [-0.39, 0.29) is 0 Å². The van der Waals surface area contributed by atoms with Crippen LogP contribution < -0.4 is 15.3 Å². The van der Waals surface area contributed by atoms with Crippen molar-refractivity contribution in [3.05, 3.63) is 66.7 Å². The van der Waals surface area contributed by atoms with E-state index in [4.69, 9.17) is 0 Å². The van der Waals surface area contributed by atoms with Crippen LogP contribution in [-0.4, -0.2) is 22.2 Å². The van der Waals surface area contributed by atoms with E-state index >= 15 is 0 Å². The molecule has 0 bridgehead atoms. The molecule has 3 aromatic rings. The molecule has 0 atom stereocenters. The van der Waals surface area contributed by atoms with Crippen LogP contribution >= 0.6 is 0 Å². The first-order valence-corrected chi connectivity index (χ1v) is 10.8. The summed E-state index contributed by atoms with van der Waals surface area (Å²) >= 11 is 0. The minimum Gasteiger partial charge on any atom is -0.378 e. The number of hydrogen-bond acceptors (Lipinski definition) is 1. The van der Waals surface area contributed by atoms with Crippen LogP contribution in [0.3, 0.4) is 0 Å². The number of fused-ring (bicyclic) bond motifs is 1. The molecule has 1 nitrogen and oxygen atoms in total. The number of benzene rings is 3. The first-order valence-electron chi connectivity index (χ1n) is 7.76. The van der Waals surface area contributed by atoms with E-state index in [2.05, 4.69) is 98.8 Å². The molecule has 0 saturated heterocycles. The van der Waals surface area contributed by atoms with Gasteiger partial charge < -0.3 is 4.90 Å². The quantitative estimate of drug-likeness (QED) is 0.667. The van der Waals surface area contributed by atoms with Crippen LogP contribution in [-0.2, 0) is 0 Å². The molecule has 112 valence electrons. The Hall–Kier alpha value is -2.06. The van der Waals surface area contributed by atoms with Crippen molar-refractivity contribution in [2.24, 2.45) is 0 Å². The summed E-state index contributed by atoms with van der Waals surface area (Å²) in [5.41, 5.74) is 1.28. The number of nitrogens with zero attached hydrogens (tertiary/aromatic N) is 1. The molecule has 0 heterocycles. The molecule has 0 aromatic heterocycles. The number of hydrogen-bond donors (Lipinski definition) is 0. The van der Waals surface area contributed by atoms with Gasteiger partial charge in [0.1, 0.15) is 8.07 Å². The van der Waals surface area contributed by atoms with Crippen molar-refractivity contribution in [1.29, 1.82) is 0 Å². The molecule has 0 amide bonds. The van der Waals surface area contributed by atoms with Gasteiger partial charge >= 0.3 is 0 Å². The highest BCUT2D eigenvalue weighted by Gasteiger charge is 2.27. The van der Waals surface area contributed by atoms with Crippen molar-refractivity contribution in [1.82, 2.24) is 0 Å². The molecule has 2 heteroatoms. The SMILES string of the molecule is CN(C)c1cccc([Si](C)(C)c2cccc3ccccc23)c1. The minimum atomic E-state index is -1.72. The molecule has 0 N–H and O–H groups in total. The first-order chi connectivity index (χ1) is 10.5. The highest BCUT2D eigenvalue weighted by molar-refractivity contribution is 7.01. The van der Waals surface area contributed by atoms with E-state index in [1.165, 1.54) is 26.8 Å². The Kier molecular flexibility index (Phi) is 3.79. The molecule has 0 aliphatic carbocycles. The maximum atomic E-state index is 2.45. The van der Waals surface area contributed by atoms with Gasteiger partial charge in [-0.25, -0.2) is 0 Å². The summed E-state index contributed by atoms with van der Waals surface area (Å²) in [6.45, 7) is 4.90. The molecular weight excluding hydrogens is 282 g/mol. The summed E-state index contributed by atoms with van der Waals surface area (Å²) < 4.78 is 0. The van der Waals surface area contributed by atoms with Crippen LogP contribution in [0.4, 0.5) is 5.69 Å². The third-order valence-corrected chi connectivity index (χ3v) is 8.08. The monoisotopic (exact) mass is 305 g/mol. The average Bonchev–Trinajstić information content (AvgIpc) is 2.54. The standard InChI is InChI=1S/C20H23NSi/c1-21(2)17-11-8-12-18(15-17)22(3,4)20-14-7-10-16-9-5-6-13-19(16)20/h5-15H,1-4H3. The Bertz CT molecular complexity index is 800. The summed E-state index contributed by atoms with van der Waals surface area (Å²) in [7, 11) is 2.48. The fourth-order valence-electron chi connectivity index (χ4n) is 3.10. The molecule has 0 radical (unpaired) electrons. The largest absolute Gasteiger partial charge is 0.378 e. The summed E-state index contributed by atoms with van der Waals surface area (Å²) in [6, 6.07) is 24.5. The minimum absolute atomic E-state index is 1.28. The van der Waals surface area contributed by atoms with Gasteiger partial charge in [-0.1, -0.05) is 72.9 Å². The summed E-state index contributed by atoms with van der Waals surface area (Å²) in [4.78, 5) is 2.18. The lowest BCUT2D eigenvalue weighted by Crippen LogP contribution is -2.53. The second kappa shape index (κ2) is 5.62. The van der Waals surface area contributed by atoms with E-state index in [1.807, 2.05) is 0 Å². The van der Waals surface area contributed by atoms with Crippen molar-refractivity contribution in [3.63, 3.8) is 0 Å². The van der Waals surface area contributed by atoms with Crippen molar-refractivity contribution < 1.29 is 0 Å². The lowest BCUT2D eigenvalue weighted by Gasteiger charge is -2.27. The third kappa shape index (κ3) is 2.55. The molecule has 0 saturated carbocycles. The van der Waals surface area contributed by atoms with Crippen LogP contribution in [0.5, 0.6) is 0 Å². The third-order valence-electron chi connectivity index (χ3n) is 4.55. The second-order valence-corrected chi connectivity index (χ2v) is 11.0. The normalized spacial score (nSPS) is 11.6. The van der Waals surface area contributed by atoms with Crippen molar-refractivity contribution in [2.45, 2.75) is 13.1 Å². The Morgan fingerprint density at radius 3 is 2.23 bits per heavy atom. The van der Waals surface area contributed by atoms with Gasteiger partial charge in [0.05, 0.1) is 0 Å². The van der Waals surface area contributed by atoms with Crippen molar-refractivity contribution >= 4 is 34.9 Å². The van der Waals surface area contributed by atoms with Crippen LogP contribution in [0.1, 0.15) is 0 Å². The Morgan fingerprint density at radius 2 is 1.45 bits per heavy atom. The Morgan fingerprint density at radius 1 is 0.773 bits per heavy atom. The van der Waals surface area contributed by atoms with Gasteiger partial charge in [0.25, 0.3) is 0 Å². The van der Waals surface area contributed by atoms with Gasteiger partial charge in [0, 0.05) is 19.8 Å². The van der Waals surface area contributed by atoms with Gasteiger partial charge in [-0.2, -0.15) is 0 Å². The summed E-state index contributed by atoms with van der Waals surface area (Å²) in [5.74, 6) is 0. The van der Waals surface area contributed by atoms with Gasteiger partial charge in [0.2, 0.25) is 0 Å². The maximum absolute atomic E-state index is 2.45. The zero-order chi connectivity index (χ0) is 15.7. The topological polar surface area (TPSA) is 3.24 Å². The van der Waals surface area contributed by atoms with Crippen LogP contribution in [0.2, 0.25) is 13.1 Å². The highest BCUT2D eigenvalue weighted by atomic mass is 28.3. The zero-order valence-corrected chi connectivity index (χ0v) is 14.8. The average molecular weight is 305 g/mol. The fraction of sp³-hybridized carbons (Fsp3) is 0.200. The van der Waals surface area contributed by atoms with E-state index in [1.54, 1.807) is 0 Å². The van der Waals surface area contributed by atoms with Crippen LogP contribution in [0, 0.1) is 0 Å². The van der Waals surface area contributed by atoms with Gasteiger partial charge in [-0.3, -0.25) is 0 Å². The lowest BCUT2D eigenvalue weighted by atomic mass is 10.1. The molecular formula is C20H23NSi. The van der Waals surface area contributed by atoms with Crippen molar-refractivity contribution in [3.8, 4) is 0 Å². The Labute approximate surface area is 134 Å². The van der Waals surface area contributed by atoms with Crippen molar-refractivity contribution in [2.75, 3.05) is 19.0 Å². The molecule has 3 aromatic carbocycles. The molecule has 0 aliphatic rings. The summed E-state index contributed by atoms with van der Waals surface area (Å²) in [5, 5.41) is 5.73. The molecule has 0 aliphatic heterocycles. The predicted octanol–water partition coefficient (Wildman–Crippen LogP) is 3.73. The van der Waals surface area contributed by atoms with Gasteiger partial charge in [-0.15, -0.1) is 0 Å². The van der Waals surface area contributed by atoms with E-state index < -0.39 is 8.07 Å². The van der Waals surface area contributed by atoms with Gasteiger partial charge in [0.15, 0.2) is 0 Å². The molecule has 0 fully saturated rings. The second-order valence-electron chi connectivity index (χ2n) is 6.60.